The lowest BCUT2D eigenvalue weighted by Crippen LogP contribution is -2.47. The maximum absolute atomic E-state index is 4.71. The quantitative estimate of drug-likeness (QED) is 0.337. The molecule has 1 fully saturated rings. The summed E-state index contributed by atoms with van der Waals surface area (Å²) in [6.07, 6.45) is 9.32. The summed E-state index contributed by atoms with van der Waals surface area (Å²) >= 11 is 1.91. The second kappa shape index (κ2) is 13.6. The second-order valence-electron chi connectivity index (χ2n) is 6.62. The van der Waals surface area contributed by atoms with Crippen LogP contribution in [0.2, 0.25) is 0 Å². The molecule has 2 heterocycles. The van der Waals surface area contributed by atoms with Crippen LogP contribution >= 0.6 is 11.8 Å². The Labute approximate surface area is 168 Å². The summed E-state index contributed by atoms with van der Waals surface area (Å²) in [7, 11) is 0. The standard InChI is InChI=1S/C19H35N7S/c1-3-20-18(21-8-4-5-17-27-2)22-11-7-12-25-13-15-26(16-14-25)19-23-9-6-10-24-19/h6,9-10H,3-5,7-8,11-17H2,1-2H3,(H2,20,21,22). The van der Waals surface area contributed by atoms with E-state index >= 15 is 0 Å². The summed E-state index contributed by atoms with van der Waals surface area (Å²) in [6, 6.07) is 1.86. The fourth-order valence-electron chi connectivity index (χ4n) is 3.03. The summed E-state index contributed by atoms with van der Waals surface area (Å²) in [5.41, 5.74) is 0. The molecule has 0 atom stereocenters. The number of piperazine rings is 1. The number of unbranched alkanes of at least 4 members (excludes halogenated alkanes) is 1. The number of aliphatic imine (C=N–C) groups is 1. The Hall–Kier alpha value is -1.54. The van der Waals surface area contributed by atoms with E-state index in [1.165, 1.54) is 18.6 Å². The van der Waals surface area contributed by atoms with Crippen molar-refractivity contribution in [1.82, 2.24) is 25.5 Å². The first-order chi connectivity index (χ1) is 13.3. The number of aromatic nitrogens is 2. The molecule has 0 spiro atoms. The molecule has 1 aliphatic heterocycles. The van der Waals surface area contributed by atoms with Crippen LogP contribution in [-0.2, 0) is 0 Å². The van der Waals surface area contributed by atoms with E-state index in [-0.39, 0.29) is 0 Å². The summed E-state index contributed by atoms with van der Waals surface area (Å²) in [6.45, 7) is 10.1. The topological polar surface area (TPSA) is 68.7 Å². The van der Waals surface area contributed by atoms with E-state index < -0.39 is 0 Å². The van der Waals surface area contributed by atoms with Crippen molar-refractivity contribution in [3.63, 3.8) is 0 Å². The first-order valence-electron chi connectivity index (χ1n) is 10.1. The van der Waals surface area contributed by atoms with Gasteiger partial charge in [-0.2, -0.15) is 11.8 Å². The van der Waals surface area contributed by atoms with Crippen molar-refractivity contribution in [2.45, 2.75) is 26.2 Å². The predicted octanol–water partition coefficient (Wildman–Crippen LogP) is 1.69. The Bertz CT molecular complexity index is 518. The summed E-state index contributed by atoms with van der Waals surface area (Å²) in [5.74, 6) is 3.03. The maximum Gasteiger partial charge on any atom is 0.225 e. The number of hydrogen-bond acceptors (Lipinski definition) is 6. The van der Waals surface area contributed by atoms with Gasteiger partial charge >= 0.3 is 0 Å². The third-order valence-corrected chi connectivity index (χ3v) is 5.22. The molecule has 0 aliphatic carbocycles. The minimum atomic E-state index is 0.848. The number of thioether (sulfide) groups is 1. The highest BCUT2D eigenvalue weighted by atomic mass is 32.2. The molecule has 152 valence electrons. The number of rotatable bonds is 11. The molecule has 27 heavy (non-hydrogen) atoms. The lowest BCUT2D eigenvalue weighted by Gasteiger charge is -2.34. The van der Waals surface area contributed by atoms with Crippen LogP contribution in [0.4, 0.5) is 5.95 Å². The molecule has 0 saturated carbocycles. The molecule has 1 aromatic heterocycles. The van der Waals surface area contributed by atoms with Crippen LogP contribution in [0.5, 0.6) is 0 Å². The first kappa shape index (κ1) is 21.8. The Morgan fingerprint density at radius 1 is 1.11 bits per heavy atom. The highest BCUT2D eigenvalue weighted by molar-refractivity contribution is 7.98. The summed E-state index contributed by atoms with van der Waals surface area (Å²) in [4.78, 5) is 18.2. The lowest BCUT2D eigenvalue weighted by molar-refractivity contribution is 0.255. The first-order valence-corrected chi connectivity index (χ1v) is 11.5. The van der Waals surface area contributed by atoms with Crippen LogP contribution in [0.3, 0.4) is 0 Å². The van der Waals surface area contributed by atoms with Gasteiger partial charge in [0.1, 0.15) is 0 Å². The van der Waals surface area contributed by atoms with Crippen LogP contribution in [0.1, 0.15) is 26.2 Å². The minimum absolute atomic E-state index is 0.848. The molecule has 0 amide bonds. The average Bonchev–Trinajstić information content (AvgIpc) is 2.72. The number of anilines is 1. The summed E-state index contributed by atoms with van der Waals surface area (Å²) < 4.78 is 0. The third kappa shape index (κ3) is 8.79. The molecule has 2 N–H and O–H groups in total. The zero-order chi connectivity index (χ0) is 19.2. The number of guanidine groups is 1. The predicted molar refractivity (Wildman–Crippen MR) is 117 cm³/mol. The van der Waals surface area contributed by atoms with Gasteiger partial charge < -0.3 is 15.5 Å². The van der Waals surface area contributed by atoms with E-state index in [0.29, 0.717) is 0 Å². The molecule has 1 aromatic rings. The van der Waals surface area contributed by atoms with Crippen LogP contribution in [0.15, 0.2) is 23.5 Å². The molecule has 0 bridgehead atoms. The van der Waals surface area contributed by atoms with E-state index in [2.05, 4.69) is 43.6 Å². The van der Waals surface area contributed by atoms with E-state index in [0.717, 1.165) is 70.7 Å². The van der Waals surface area contributed by atoms with Gasteiger partial charge in [0, 0.05) is 64.8 Å². The smallest absolute Gasteiger partial charge is 0.225 e. The molecule has 2 rings (SSSR count). The average molecular weight is 394 g/mol. The largest absolute Gasteiger partial charge is 0.357 e. The molecular weight excluding hydrogens is 358 g/mol. The van der Waals surface area contributed by atoms with Crippen molar-refractivity contribution in [1.29, 1.82) is 0 Å². The van der Waals surface area contributed by atoms with Gasteiger partial charge in [-0.25, -0.2) is 9.97 Å². The van der Waals surface area contributed by atoms with Gasteiger partial charge in [0.05, 0.1) is 0 Å². The fraction of sp³-hybridized carbons (Fsp3) is 0.737. The maximum atomic E-state index is 4.71. The Morgan fingerprint density at radius 3 is 2.59 bits per heavy atom. The highest BCUT2D eigenvalue weighted by Gasteiger charge is 2.17. The summed E-state index contributed by atoms with van der Waals surface area (Å²) in [5, 5.41) is 6.77. The van der Waals surface area contributed by atoms with Gasteiger partial charge in [0.15, 0.2) is 5.96 Å². The third-order valence-electron chi connectivity index (χ3n) is 4.52. The lowest BCUT2D eigenvalue weighted by atomic mass is 10.3. The van der Waals surface area contributed by atoms with E-state index in [1.807, 2.05) is 30.2 Å². The van der Waals surface area contributed by atoms with Crippen molar-refractivity contribution in [3.8, 4) is 0 Å². The van der Waals surface area contributed by atoms with Crippen molar-refractivity contribution in [2.75, 3.05) is 69.3 Å². The SMILES string of the molecule is CCNC(=NCCCN1CCN(c2ncccn2)CC1)NCCCCSC. The van der Waals surface area contributed by atoms with Gasteiger partial charge in [0.25, 0.3) is 0 Å². The molecule has 0 aromatic carbocycles. The van der Waals surface area contributed by atoms with Gasteiger partial charge in [0.2, 0.25) is 5.95 Å². The van der Waals surface area contributed by atoms with Gasteiger partial charge in [-0.05, 0) is 44.3 Å². The van der Waals surface area contributed by atoms with E-state index in [4.69, 9.17) is 4.99 Å². The normalized spacial score (nSPS) is 15.8. The van der Waals surface area contributed by atoms with Crippen LogP contribution in [0, 0.1) is 0 Å². The highest BCUT2D eigenvalue weighted by Crippen LogP contribution is 2.09. The number of nitrogens with zero attached hydrogens (tertiary/aromatic N) is 5. The molecular formula is C19H35N7S. The molecule has 0 radical (unpaired) electrons. The van der Waals surface area contributed by atoms with Gasteiger partial charge in [-0.15, -0.1) is 0 Å². The Balaban J connectivity index is 1.61. The van der Waals surface area contributed by atoms with Gasteiger partial charge in [-0.3, -0.25) is 9.89 Å². The van der Waals surface area contributed by atoms with Crippen molar-refractivity contribution in [2.24, 2.45) is 4.99 Å². The van der Waals surface area contributed by atoms with Gasteiger partial charge in [-0.1, -0.05) is 0 Å². The van der Waals surface area contributed by atoms with Crippen LogP contribution < -0.4 is 15.5 Å². The monoisotopic (exact) mass is 393 g/mol. The minimum Gasteiger partial charge on any atom is -0.357 e. The Kier molecular flexibility index (Phi) is 11.0. The second-order valence-corrected chi connectivity index (χ2v) is 7.60. The molecule has 1 saturated heterocycles. The van der Waals surface area contributed by atoms with Crippen molar-refractivity contribution >= 4 is 23.7 Å². The molecule has 1 aliphatic rings. The number of hydrogen-bond donors (Lipinski definition) is 2. The molecule has 8 heteroatoms. The zero-order valence-electron chi connectivity index (χ0n) is 16.9. The van der Waals surface area contributed by atoms with Crippen LogP contribution in [-0.4, -0.2) is 85.2 Å². The van der Waals surface area contributed by atoms with Crippen molar-refractivity contribution < 1.29 is 0 Å². The Morgan fingerprint density at radius 2 is 1.89 bits per heavy atom. The van der Waals surface area contributed by atoms with E-state index in [1.54, 1.807) is 0 Å². The molecule has 0 unspecified atom stereocenters. The van der Waals surface area contributed by atoms with E-state index in [9.17, 15) is 0 Å². The molecule has 7 nitrogen and oxygen atoms in total. The number of nitrogens with one attached hydrogen (secondary N) is 2. The van der Waals surface area contributed by atoms with Crippen molar-refractivity contribution in [3.05, 3.63) is 18.5 Å². The zero-order valence-corrected chi connectivity index (χ0v) is 17.7. The van der Waals surface area contributed by atoms with Crippen LogP contribution in [0.25, 0.3) is 0 Å². The fourth-order valence-corrected chi connectivity index (χ4v) is 3.52.